The van der Waals surface area contributed by atoms with Crippen molar-refractivity contribution < 1.29 is 24.6 Å². The zero-order valence-corrected chi connectivity index (χ0v) is 28.3. The lowest BCUT2D eigenvalue weighted by Crippen LogP contribution is -2.32. The van der Waals surface area contributed by atoms with Gasteiger partial charge in [0.1, 0.15) is 12.6 Å². The largest absolute Gasteiger partial charge is 0.478 e. The summed E-state index contributed by atoms with van der Waals surface area (Å²) in [7, 11) is 0. The van der Waals surface area contributed by atoms with E-state index < -0.39 is 18.1 Å². The molecule has 0 bridgehead atoms. The number of nitrogens with zero attached hydrogens (tertiary/aromatic N) is 2. The number of hydrogen-bond acceptors (Lipinski definition) is 6. The molecule has 11 nitrogen and oxygen atoms in total. The smallest absolute Gasteiger partial charge is 0.328 e. The predicted octanol–water partition coefficient (Wildman–Crippen LogP) is 5.17. The Balaban J connectivity index is 1.72. The molecule has 3 aromatic rings. The van der Waals surface area contributed by atoms with Gasteiger partial charge in [0.05, 0.1) is 6.04 Å². The molecule has 0 saturated carbocycles. The maximum Gasteiger partial charge on any atom is 0.328 e. The highest BCUT2D eigenvalue weighted by Gasteiger charge is 2.33. The fourth-order valence-corrected chi connectivity index (χ4v) is 7.24. The highest BCUT2D eigenvalue weighted by atomic mass is 16.4. The van der Waals surface area contributed by atoms with Crippen LogP contribution in [0.2, 0.25) is 0 Å². The Morgan fingerprint density at radius 3 is 2.59 bits per heavy atom. The average Bonchev–Trinajstić information content (AvgIpc) is 3.58. The number of aldehydes is 2. The summed E-state index contributed by atoms with van der Waals surface area (Å²) in [5.41, 5.74) is 22.0. The molecular weight excluding hydrogens is 620 g/mol. The Labute approximate surface area is 288 Å². The maximum atomic E-state index is 12.2. The van der Waals surface area contributed by atoms with Crippen molar-refractivity contribution >= 4 is 41.1 Å². The van der Waals surface area contributed by atoms with Gasteiger partial charge in [-0.2, -0.15) is 0 Å². The summed E-state index contributed by atoms with van der Waals surface area (Å²) >= 11 is 0. The highest BCUT2D eigenvalue weighted by Crippen LogP contribution is 2.45. The number of carbonyl (C=O) groups is 3. The molecule has 1 aliphatic carbocycles. The second-order valence-electron chi connectivity index (χ2n) is 13.4. The van der Waals surface area contributed by atoms with Gasteiger partial charge in [-0.05, 0) is 102 Å². The molecule has 0 aliphatic heterocycles. The summed E-state index contributed by atoms with van der Waals surface area (Å²) < 4.78 is 0. The first-order valence-corrected chi connectivity index (χ1v) is 17.3. The van der Waals surface area contributed by atoms with E-state index in [9.17, 15) is 24.6 Å². The van der Waals surface area contributed by atoms with Crippen LogP contribution in [0, 0.1) is 11.8 Å². The molecule has 0 unspecified atom stereocenters. The van der Waals surface area contributed by atoms with Gasteiger partial charge in [0.25, 0.3) is 0 Å². The Morgan fingerprint density at radius 1 is 1.10 bits per heavy atom. The number of carboxylic acid groups (broad SMARTS) is 1. The number of aromatic amines is 1. The van der Waals surface area contributed by atoms with E-state index in [1.54, 1.807) is 6.20 Å². The van der Waals surface area contributed by atoms with Gasteiger partial charge in [-0.15, -0.1) is 0 Å². The van der Waals surface area contributed by atoms with Gasteiger partial charge in [-0.3, -0.25) is 0 Å². The molecule has 0 radical (unpaired) electrons. The first-order chi connectivity index (χ1) is 23.6. The van der Waals surface area contributed by atoms with Crippen LogP contribution >= 0.6 is 0 Å². The van der Waals surface area contributed by atoms with E-state index in [1.807, 2.05) is 25.1 Å². The lowest BCUT2D eigenvalue weighted by molar-refractivity contribution is -0.131. The monoisotopic (exact) mass is 671 g/mol. The number of carbonyl (C=O) groups excluding carboxylic acids is 2. The van der Waals surface area contributed by atoms with Crippen molar-refractivity contribution in [1.82, 2.24) is 4.98 Å². The molecule has 2 aromatic carbocycles. The van der Waals surface area contributed by atoms with Crippen LogP contribution in [0.15, 0.2) is 65.3 Å². The lowest BCUT2D eigenvalue weighted by Gasteiger charge is -2.40. The fourth-order valence-electron chi connectivity index (χ4n) is 7.24. The van der Waals surface area contributed by atoms with Crippen LogP contribution < -0.4 is 17.2 Å². The molecule has 6 atom stereocenters. The van der Waals surface area contributed by atoms with E-state index in [2.05, 4.69) is 34.2 Å². The van der Waals surface area contributed by atoms with Gasteiger partial charge in [0.2, 0.25) is 0 Å². The van der Waals surface area contributed by atoms with Crippen molar-refractivity contribution in [3.8, 4) is 0 Å². The van der Waals surface area contributed by atoms with Crippen LogP contribution in [-0.4, -0.2) is 64.4 Å². The number of carboxylic acids is 1. The average molecular weight is 672 g/mol. The van der Waals surface area contributed by atoms with E-state index in [4.69, 9.17) is 22.5 Å². The fraction of sp³-hybridized carbons (Fsp3) is 0.474. The SMILES string of the molecule is C[C@H](C=O)CC[C@H](N)CCC[C@@H]1c2cc3cc(CC=O)ccc3cc2CC[C@H]1C[C@@H]([N-]c1ccc[nH]1)/C(=C/C(=O)O)[C@H](CCO)N=C(N)N. The summed E-state index contributed by atoms with van der Waals surface area (Å²) in [6.45, 7) is 1.67. The van der Waals surface area contributed by atoms with Crippen molar-refractivity contribution in [2.75, 3.05) is 6.61 Å². The third-order valence-corrected chi connectivity index (χ3v) is 9.72. The Kier molecular flexibility index (Phi) is 14.0. The summed E-state index contributed by atoms with van der Waals surface area (Å²) in [5.74, 6) is -0.486. The van der Waals surface area contributed by atoms with Crippen molar-refractivity contribution in [2.45, 2.75) is 95.2 Å². The first kappa shape index (κ1) is 37.3. The van der Waals surface area contributed by atoms with Crippen molar-refractivity contribution in [2.24, 2.45) is 34.0 Å². The molecule has 4 rings (SSSR count). The van der Waals surface area contributed by atoms with Gasteiger partial charge >= 0.3 is 5.97 Å². The van der Waals surface area contributed by atoms with Crippen molar-refractivity contribution in [1.29, 1.82) is 0 Å². The van der Waals surface area contributed by atoms with Crippen LogP contribution in [0.1, 0.15) is 80.9 Å². The lowest BCUT2D eigenvalue weighted by atomic mass is 9.69. The number of aliphatic imine (C=N–C) groups is 1. The molecule has 264 valence electrons. The number of rotatable bonds is 20. The summed E-state index contributed by atoms with van der Waals surface area (Å²) in [6, 6.07) is 13.0. The quantitative estimate of drug-likeness (QED) is 0.0407. The Morgan fingerprint density at radius 2 is 1.92 bits per heavy atom. The molecule has 0 spiro atoms. The van der Waals surface area contributed by atoms with E-state index in [1.165, 1.54) is 11.1 Å². The van der Waals surface area contributed by atoms with Crippen LogP contribution in [0.3, 0.4) is 0 Å². The number of aryl methyl sites for hydroxylation is 1. The minimum atomic E-state index is -1.14. The number of benzene rings is 2. The van der Waals surface area contributed by atoms with E-state index in [-0.39, 0.29) is 42.8 Å². The number of aliphatic carboxylic acids is 1. The van der Waals surface area contributed by atoms with Crippen LogP contribution in [-0.2, 0) is 27.2 Å². The Bertz CT molecular complexity index is 1600. The number of aliphatic hydroxyl groups is 1. The maximum absolute atomic E-state index is 12.2. The number of nitrogens with two attached hydrogens (primary N) is 3. The van der Waals surface area contributed by atoms with Gasteiger partial charge < -0.3 is 47.3 Å². The topological polar surface area (TPSA) is 212 Å². The molecule has 1 aliphatic rings. The van der Waals surface area contributed by atoms with E-state index >= 15 is 0 Å². The molecule has 11 heteroatoms. The molecule has 9 N–H and O–H groups in total. The molecule has 0 fully saturated rings. The predicted molar refractivity (Wildman–Crippen MR) is 194 cm³/mol. The zero-order valence-electron chi connectivity index (χ0n) is 28.3. The molecule has 49 heavy (non-hydrogen) atoms. The first-order valence-electron chi connectivity index (χ1n) is 17.3. The van der Waals surface area contributed by atoms with Crippen LogP contribution in [0.4, 0.5) is 5.82 Å². The summed E-state index contributed by atoms with van der Waals surface area (Å²) in [4.78, 5) is 42.1. The Hall–Kier alpha value is -4.48. The van der Waals surface area contributed by atoms with Crippen LogP contribution in [0.25, 0.3) is 16.1 Å². The van der Waals surface area contributed by atoms with Gasteiger partial charge in [0, 0.05) is 31.1 Å². The van der Waals surface area contributed by atoms with E-state index in [0.29, 0.717) is 24.2 Å². The van der Waals surface area contributed by atoms with Crippen molar-refractivity contribution in [3.63, 3.8) is 0 Å². The number of aromatic nitrogens is 1. The third kappa shape index (κ3) is 10.8. The van der Waals surface area contributed by atoms with Crippen molar-refractivity contribution in [3.05, 3.63) is 82.3 Å². The highest BCUT2D eigenvalue weighted by molar-refractivity contribution is 5.86. The third-order valence-electron chi connectivity index (χ3n) is 9.72. The number of nitrogens with one attached hydrogen (secondary N) is 1. The number of H-pyrrole nitrogens is 1. The number of guanidine groups is 1. The second-order valence-corrected chi connectivity index (χ2v) is 13.4. The molecular formula is C38H51N6O5-. The molecule has 1 aromatic heterocycles. The van der Waals surface area contributed by atoms with Gasteiger partial charge in [-0.25, -0.2) is 9.79 Å². The molecule has 0 saturated heterocycles. The van der Waals surface area contributed by atoms with Gasteiger partial charge in [0.15, 0.2) is 5.96 Å². The van der Waals surface area contributed by atoms with Crippen LogP contribution in [0.5, 0.6) is 0 Å². The molecule has 0 amide bonds. The summed E-state index contributed by atoms with van der Waals surface area (Å²) in [6.07, 6.45) is 11.7. The number of fused-ring (bicyclic) bond motifs is 2. The molecule has 1 heterocycles. The minimum absolute atomic E-state index is 0.00836. The standard InChI is InChI=1S/C38H51N6O5/c1-24(23-47)7-12-30(39)4-2-5-31-28(11-10-27-19-26-9-8-25(13-16-45)18-29(26)20-32(27)31)21-35(43-36-6-3-15-42-36)33(22-37(48)49)34(14-17-46)44-38(40)41/h3,6,8-9,15-16,18-20,22-24,28,30-31,34-35,42,46H,2,4-5,7,10-14,17,21,39H2,1H3,(H,48,49)(H4,40,41,44)/q-1/b33-22+/t24-,28-,30+,31-,34-,35+/m0/s1. The second kappa shape index (κ2) is 18.3. The summed E-state index contributed by atoms with van der Waals surface area (Å²) in [5, 5.41) is 27.1. The van der Waals surface area contributed by atoms with Gasteiger partial charge in [-0.1, -0.05) is 67.8 Å². The van der Waals surface area contributed by atoms with E-state index in [0.717, 1.165) is 79.9 Å². The number of hydrogen-bond donors (Lipinski definition) is 6. The zero-order chi connectivity index (χ0) is 35.3. The minimum Gasteiger partial charge on any atom is -0.478 e. The normalized spacial score (nSPS) is 18.6. The number of aliphatic hydroxyl groups excluding tert-OH is 1.